The van der Waals surface area contributed by atoms with E-state index in [9.17, 15) is 12.8 Å². The van der Waals surface area contributed by atoms with Gasteiger partial charge in [0.2, 0.25) is 10.0 Å². The summed E-state index contributed by atoms with van der Waals surface area (Å²) in [6.07, 6.45) is 0.554. The molecular weight excluding hydrogens is 243 g/mol. The van der Waals surface area contributed by atoms with E-state index in [2.05, 4.69) is 4.72 Å². The van der Waals surface area contributed by atoms with E-state index >= 15 is 0 Å². The molecule has 3 N–H and O–H groups in total. The van der Waals surface area contributed by atoms with Crippen LogP contribution >= 0.6 is 0 Å². The molecule has 1 rings (SSSR count). The van der Waals surface area contributed by atoms with Gasteiger partial charge < -0.3 is 5.73 Å². The van der Waals surface area contributed by atoms with Gasteiger partial charge in [-0.2, -0.15) is 0 Å². The second-order valence-corrected chi connectivity index (χ2v) is 5.86. The predicted octanol–water partition coefficient (Wildman–Crippen LogP) is 1.23. The van der Waals surface area contributed by atoms with Gasteiger partial charge >= 0.3 is 0 Å². The van der Waals surface area contributed by atoms with Crippen LogP contribution in [0, 0.1) is 5.82 Å². The molecule has 1 aromatic carbocycles. The van der Waals surface area contributed by atoms with Crippen molar-refractivity contribution in [3.8, 4) is 0 Å². The fraction of sp³-hybridized carbons (Fsp3) is 0.455. The fourth-order valence-electron chi connectivity index (χ4n) is 1.28. The summed E-state index contributed by atoms with van der Waals surface area (Å²) in [5.74, 6) is -0.584. The van der Waals surface area contributed by atoms with Crippen LogP contribution in [0.3, 0.4) is 0 Å². The molecule has 0 saturated carbocycles. The highest BCUT2D eigenvalue weighted by molar-refractivity contribution is 7.89. The quantitative estimate of drug-likeness (QED) is 0.836. The molecule has 0 amide bonds. The maximum atomic E-state index is 13.0. The molecule has 6 heteroatoms. The smallest absolute Gasteiger partial charge is 0.241 e. The molecule has 4 nitrogen and oxygen atoms in total. The van der Waals surface area contributed by atoms with Crippen molar-refractivity contribution in [2.24, 2.45) is 5.73 Å². The van der Waals surface area contributed by atoms with Gasteiger partial charge in [0.1, 0.15) is 5.82 Å². The number of benzene rings is 1. The van der Waals surface area contributed by atoms with Crippen LogP contribution in [-0.2, 0) is 10.0 Å². The Balaban J connectivity index is 3.05. The molecule has 0 bridgehead atoms. The average molecular weight is 260 g/mol. The maximum absolute atomic E-state index is 13.0. The second kappa shape index (κ2) is 5.12. The third-order valence-electron chi connectivity index (χ3n) is 2.72. The van der Waals surface area contributed by atoms with Gasteiger partial charge in [0.25, 0.3) is 0 Å². The molecule has 0 aliphatic heterocycles. The highest BCUT2D eigenvalue weighted by Crippen LogP contribution is 2.15. The minimum Gasteiger partial charge on any atom is -0.329 e. The monoisotopic (exact) mass is 260 g/mol. The molecule has 0 radical (unpaired) electrons. The number of hydrogen-bond donors (Lipinski definition) is 2. The number of hydrogen-bond acceptors (Lipinski definition) is 3. The van der Waals surface area contributed by atoms with Crippen LogP contribution < -0.4 is 10.5 Å². The zero-order valence-corrected chi connectivity index (χ0v) is 10.7. The predicted molar refractivity (Wildman–Crippen MR) is 64.5 cm³/mol. The van der Waals surface area contributed by atoms with Gasteiger partial charge in [-0.25, -0.2) is 17.5 Å². The van der Waals surface area contributed by atoms with Crippen molar-refractivity contribution in [1.29, 1.82) is 0 Å². The first-order valence-electron chi connectivity index (χ1n) is 5.32. The van der Waals surface area contributed by atoms with Crippen molar-refractivity contribution >= 4 is 10.0 Å². The van der Waals surface area contributed by atoms with E-state index in [1.165, 1.54) is 18.2 Å². The number of sulfonamides is 1. The molecular formula is C11H17FN2O2S. The van der Waals surface area contributed by atoms with E-state index in [0.29, 0.717) is 6.42 Å². The molecule has 0 heterocycles. The summed E-state index contributed by atoms with van der Waals surface area (Å²) in [6.45, 7) is 3.73. The van der Waals surface area contributed by atoms with Crippen LogP contribution in [-0.4, -0.2) is 20.5 Å². The first-order valence-corrected chi connectivity index (χ1v) is 6.81. The lowest BCUT2D eigenvalue weighted by Gasteiger charge is -2.27. The average Bonchev–Trinajstić information content (AvgIpc) is 2.28. The first-order chi connectivity index (χ1) is 7.83. The summed E-state index contributed by atoms with van der Waals surface area (Å²) in [5, 5.41) is 0. The summed E-state index contributed by atoms with van der Waals surface area (Å²) >= 11 is 0. The Morgan fingerprint density at radius 3 is 2.59 bits per heavy atom. The van der Waals surface area contributed by atoms with Gasteiger partial charge in [-0.15, -0.1) is 0 Å². The largest absolute Gasteiger partial charge is 0.329 e. The van der Waals surface area contributed by atoms with Gasteiger partial charge in [-0.05, 0) is 31.5 Å². The molecule has 0 aliphatic carbocycles. The van der Waals surface area contributed by atoms with Crippen molar-refractivity contribution in [2.75, 3.05) is 6.54 Å². The first kappa shape index (κ1) is 14.1. The normalized spacial score (nSPS) is 15.5. The lowest BCUT2D eigenvalue weighted by molar-refractivity contribution is 0.411. The van der Waals surface area contributed by atoms with Crippen molar-refractivity contribution in [1.82, 2.24) is 4.72 Å². The highest BCUT2D eigenvalue weighted by atomic mass is 32.2. The molecule has 0 saturated heterocycles. The molecule has 1 unspecified atom stereocenters. The lowest BCUT2D eigenvalue weighted by Crippen LogP contribution is -2.50. The van der Waals surface area contributed by atoms with Gasteiger partial charge in [0.15, 0.2) is 0 Å². The Hall–Kier alpha value is -0.980. The van der Waals surface area contributed by atoms with E-state index in [1.807, 2.05) is 6.92 Å². The second-order valence-electron chi connectivity index (χ2n) is 4.18. The highest BCUT2D eigenvalue weighted by Gasteiger charge is 2.27. The van der Waals surface area contributed by atoms with Gasteiger partial charge in [0.05, 0.1) is 4.90 Å². The lowest BCUT2D eigenvalue weighted by atomic mass is 10.0. The zero-order valence-electron chi connectivity index (χ0n) is 9.90. The fourth-order valence-corrected chi connectivity index (χ4v) is 2.80. The Bertz CT molecular complexity index is 484. The molecule has 0 aromatic heterocycles. The maximum Gasteiger partial charge on any atom is 0.241 e. The SMILES string of the molecule is CCC(C)(CN)NS(=O)(=O)c1cccc(F)c1. The van der Waals surface area contributed by atoms with Gasteiger partial charge in [-0.1, -0.05) is 13.0 Å². The summed E-state index contributed by atoms with van der Waals surface area (Å²) in [7, 11) is -3.73. The van der Waals surface area contributed by atoms with E-state index in [1.54, 1.807) is 6.92 Å². The summed E-state index contributed by atoms with van der Waals surface area (Å²) < 4.78 is 39.4. The van der Waals surface area contributed by atoms with Crippen LogP contribution in [0.25, 0.3) is 0 Å². The zero-order chi connectivity index (χ0) is 13.1. The molecule has 0 fully saturated rings. The topological polar surface area (TPSA) is 72.2 Å². The molecule has 0 spiro atoms. The third-order valence-corrected chi connectivity index (χ3v) is 4.35. The number of halogens is 1. The van der Waals surface area contributed by atoms with E-state index < -0.39 is 21.4 Å². The Kier molecular flexibility index (Phi) is 4.24. The number of nitrogens with two attached hydrogens (primary N) is 1. The van der Waals surface area contributed by atoms with Crippen molar-refractivity contribution in [3.63, 3.8) is 0 Å². The van der Waals surface area contributed by atoms with Crippen molar-refractivity contribution < 1.29 is 12.8 Å². The molecule has 96 valence electrons. The van der Waals surface area contributed by atoms with Crippen molar-refractivity contribution in [2.45, 2.75) is 30.7 Å². The van der Waals surface area contributed by atoms with Crippen LogP contribution in [0.5, 0.6) is 0 Å². The number of rotatable bonds is 5. The molecule has 1 atom stereocenters. The van der Waals surface area contributed by atoms with Crippen LogP contribution in [0.15, 0.2) is 29.2 Å². The van der Waals surface area contributed by atoms with Crippen LogP contribution in [0.1, 0.15) is 20.3 Å². The van der Waals surface area contributed by atoms with Crippen LogP contribution in [0.2, 0.25) is 0 Å². The molecule has 17 heavy (non-hydrogen) atoms. The van der Waals surface area contributed by atoms with E-state index in [0.717, 1.165) is 6.07 Å². The standard InChI is InChI=1S/C11H17FN2O2S/c1-3-11(2,8-13)14-17(15,16)10-6-4-5-9(12)7-10/h4-7,14H,3,8,13H2,1-2H3. The van der Waals surface area contributed by atoms with Crippen molar-refractivity contribution in [3.05, 3.63) is 30.1 Å². The molecule has 0 aliphatic rings. The summed E-state index contributed by atoms with van der Waals surface area (Å²) in [5.41, 5.74) is 4.81. The summed E-state index contributed by atoms with van der Waals surface area (Å²) in [6, 6.07) is 4.88. The van der Waals surface area contributed by atoms with E-state index in [-0.39, 0.29) is 11.4 Å². The van der Waals surface area contributed by atoms with Gasteiger partial charge in [0, 0.05) is 12.1 Å². The third kappa shape index (κ3) is 3.49. The number of nitrogens with one attached hydrogen (secondary N) is 1. The van der Waals surface area contributed by atoms with Crippen LogP contribution in [0.4, 0.5) is 4.39 Å². The van der Waals surface area contributed by atoms with E-state index in [4.69, 9.17) is 5.73 Å². The Morgan fingerprint density at radius 1 is 1.47 bits per heavy atom. The molecule has 1 aromatic rings. The minimum absolute atomic E-state index is 0.0920. The Morgan fingerprint density at radius 2 is 2.12 bits per heavy atom. The Labute approximate surface area is 101 Å². The minimum atomic E-state index is -3.73. The van der Waals surface area contributed by atoms with Gasteiger partial charge in [-0.3, -0.25) is 0 Å². The summed E-state index contributed by atoms with van der Waals surface area (Å²) in [4.78, 5) is -0.0920.